The van der Waals surface area contributed by atoms with Crippen molar-refractivity contribution in [2.45, 2.75) is 12.8 Å². The summed E-state index contributed by atoms with van der Waals surface area (Å²) in [4.78, 5) is 28.9. The Hall–Kier alpha value is -1.83. The first-order chi connectivity index (χ1) is 13.0. The molecule has 1 aromatic rings. The summed E-state index contributed by atoms with van der Waals surface area (Å²) in [5.74, 6) is 0.612. The second kappa shape index (κ2) is 8.91. The molecule has 2 amide bonds. The average Bonchev–Trinajstić information content (AvgIpc) is 2.73. The molecule has 3 rings (SSSR count). The monoisotopic (exact) mass is 395 g/mol. The van der Waals surface area contributed by atoms with Gasteiger partial charge in [-0.05, 0) is 37.1 Å². The molecule has 27 heavy (non-hydrogen) atoms. The Labute approximate surface area is 164 Å². The summed E-state index contributed by atoms with van der Waals surface area (Å²) >= 11 is 5.83. The van der Waals surface area contributed by atoms with Crippen LogP contribution in [-0.2, 0) is 14.3 Å². The number of hydrogen-bond donors (Lipinski definition) is 1. The number of piperazine rings is 1. The van der Waals surface area contributed by atoms with Crippen molar-refractivity contribution in [2.24, 2.45) is 11.1 Å². The first-order valence-corrected chi connectivity index (χ1v) is 9.65. The molecule has 2 aliphatic rings. The fourth-order valence-electron chi connectivity index (χ4n) is 3.53. The van der Waals surface area contributed by atoms with Gasteiger partial charge in [0, 0.05) is 51.0 Å². The fraction of sp³-hybridized carbons (Fsp3) is 0.579. The summed E-state index contributed by atoms with van der Waals surface area (Å²) in [5.41, 5.74) is 5.42. The predicted octanol–water partition coefficient (Wildman–Crippen LogP) is 1.15. The third kappa shape index (κ3) is 4.72. The molecule has 8 heteroatoms. The predicted molar refractivity (Wildman–Crippen MR) is 102 cm³/mol. The number of rotatable bonds is 5. The Morgan fingerprint density at radius 3 is 2.26 bits per heavy atom. The second-order valence-corrected chi connectivity index (χ2v) is 7.45. The van der Waals surface area contributed by atoms with Gasteiger partial charge in [0.15, 0.2) is 6.61 Å². The van der Waals surface area contributed by atoms with Crippen molar-refractivity contribution < 1.29 is 19.1 Å². The molecule has 2 fully saturated rings. The van der Waals surface area contributed by atoms with Gasteiger partial charge >= 0.3 is 0 Å². The molecule has 2 N–H and O–H groups in total. The topological polar surface area (TPSA) is 85.1 Å². The van der Waals surface area contributed by atoms with Crippen molar-refractivity contribution in [3.05, 3.63) is 29.3 Å². The zero-order valence-corrected chi connectivity index (χ0v) is 16.1. The van der Waals surface area contributed by atoms with E-state index in [0.29, 0.717) is 69.6 Å². The molecule has 2 heterocycles. The zero-order chi connectivity index (χ0) is 19.3. The second-order valence-electron chi connectivity index (χ2n) is 7.01. The summed E-state index contributed by atoms with van der Waals surface area (Å²) in [6, 6.07) is 6.89. The quantitative estimate of drug-likeness (QED) is 0.808. The number of amides is 2. The molecule has 0 bridgehead atoms. The van der Waals surface area contributed by atoms with Crippen LogP contribution >= 0.6 is 11.6 Å². The SMILES string of the molecule is NCC1(C(=O)N2CCN(C(=O)COc3ccc(Cl)cc3)CC2)CCOCC1. The van der Waals surface area contributed by atoms with Crippen molar-refractivity contribution in [1.82, 2.24) is 9.80 Å². The molecular formula is C19H26ClN3O4. The van der Waals surface area contributed by atoms with Gasteiger partial charge in [0.25, 0.3) is 5.91 Å². The van der Waals surface area contributed by atoms with Crippen LogP contribution in [-0.4, -0.2) is 74.2 Å². The number of ether oxygens (including phenoxy) is 2. The highest BCUT2D eigenvalue weighted by atomic mass is 35.5. The molecule has 7 nitrogen and oxygen atoms in total. The van der Waals surface area contributed by atoms with E-state index < -0.39 is 5.41 Å². The zero-order valence-electron chi connectivity index (χ0n) is 15.4. The van der Waals surface area contributed by atoms with Crippen molar-refractivity contribution in [3.63, 3.8) is 0 Å². The summed E-state index contributed by atoms with van der Waals surface area (Å²) in [6.07, 6.45) is 1.33. The smallest absolute Gasteiger partial charge is 0.260 e. The maximum absolute atomic E-state index is 13.0. The molecule has 0 unspecified atom stereocenters. The van der Waals surface area contributed by atoms with Crippen LogP contribution < -0.4 is 10.5 Å². The van der Waals surface area contributed by atoms with Crippen LogP contribution in [0.2, 0.25) is 5.02 Å². The Balaban J connectivity index is 1.48. The van der Waals surface area contributed by atoms with Crippen LogP contribution in [0, 0.1) is 5.41 Å². The van der Waals surface area contributed by atoms with Crippen LogP contribution in [0.1, 0.15) is 12.8 Å². The van der Waals surface area contributed by atoms with Crippen LogP contribution in [0.4, 0.5) is 0 Å². The van der Waals surface area contributed by atoms with E-state index in [0.717, 1.165) is 0 Å². The van der Waals surface area contributed by atoms with Crippen molar-refractivity contribution in [3.8, 4) is 5.75 Å². The minimum Gasteiger partial charge on any atom is -0.484 e. The van der Waals surface area contributed by atoms with Gasteiger partial charge in [-0.1, -0.05) is 11.6 Å². The van der Waals surface area contributed by atoms with Gasteiger partial charge in [-0.25, -0.2) is 0 Å². The third-order valence-corrected chi connectivity index (χ3v) is 5.64. The van der Waals surface area contributed by atoms with Crippen LogP contribution in [0.15, 0.2) is 24.3 Å². The van der Waals surface area contributed by atoms with Crippen LogP contribution in [0.5, 0.6) is 5.75 Å². The van der Waals surface area contributed by atoms with Crippen molar-refractivity contribution in [1.29, 1.82) is 0 Å². The molecule has 0 aliphatic carbocycles. The minimum atomic E-state index is -0.512. The van der Waals surface area contributed by atoms with Gasteiger partial charge in [0.1, 0.15) is 5.75 Å². The van der Waals surface area contributed by atoms with E-state index in [1.807, 2.05) is 4.90 Å². The number of halogens is 1. The summed E-state index contributed by atoms with van der Waals surface area (Å²) in [5, 5.41) is 0.620. The summed E-state index contributed by atoms with van der Waals surface area (Å²) in [6.45, 7) is 3.51. The van der Waals surface area contributed by atoms with Crippen LogP contribution in [0.25, 0.3) is 0 Å². The van der Waals surface area contributed by atoms with Crippen molar-refractivity contribution >= 4 is 23.4 Å². The molecule has 2 saturated heterocycles. The normalized spacial score (nSPS) is 19.6. The maximum Gasteiger partial charge on any atom is 0.260 e. The lowest BCUT2D eigenvalue weighted by Gasteiger charge is -2.42. The van der Waals surface area contributed by atoms with E-state index in [4.69, 9.17) is 26.8 Å². The van der Waals surface area contributed by atoms with Gasteiger partial charge in [-0.3, -0.25) is 9.59 Å². The van der Waals surface area contributed by atoms with E-state index in [1.54, 1.807) is 29.2 Å². The Kier molecular flexibility index (Phi) is 6.57. The summed E-state index contributed by atoms with van der Waals surface area (Å²) in [7, 11) is 0. The fourth-order valence-corrected chi connectivity index (χ4v) is 3.65. The van der Waals surface area contributed by atoms with E-state index in [-0.39, 0.29) is 18.4 Å². The minimum absolute atomic E-state index is 0.0281. The van der Waals surface area contributed by atoms with Gasteiger partial charge in [-0.2, -0.15) is 0 Å². The Morgan fingerprint density at radius 2 is 1.67 bits per heavy atom. The molecular weight excluding hydrogens is 370 g/mol. The average molecular weight is 396 g/mol. The number of nitrogens with zero attached hydrogens (tertiary/aromatic N) is 2. The molecule has 2 aliphatic heterocycles. The van der Waals surface area contributed by atoms with Gasteiger partial charge < -0.3 is 25.0 Å². The van der Waals surface area contributed by atoms with E-state index in [1.165, 1.54) is 0 Å². The lowest BCUT2D eigenvalue weighted by atomic mass is 9.78. The Bertz CT molecular complexity index is 653. The molecule has 0 saturated carbocycles. The molecule has 0 radical (unpaired) electrons. The lowest BCUT2D eigenvalue weighted by molar-refractivity contribution is -0.151. The number of carbonyl (C=O) groups excluding carboxylic acids is 2. The standard InChI is InChI=1S/C19H26ClN3O4/c20-15-1-3-16(4-2-15)27-13-17(24)22-7-9-23(10-8-22)18(25)19(14-21)5-11-26-12-6-19/h1-4H,5-14,21H2. The first kappa shape index (κ1) is 19.9. The maximum atomic E-state index is 13.0. The molecule has 0 atom stereocenters. The van der Waals surface area contributed by atoms with Gasteiger partial charge in [0.05, 0.1) is 5.41 Å². The first-order valence-electron chi connectivity index (χ1n) is 9.27. The number of nitrogens with two attached hydrogens (primary N) is 1. The van der Waals surface area contributed by atoms with Crippen LogP contribution in [0.3, 0.4) is 0 Å². The van der Waals surface area contributed by atoms with Crippen molar-refractivity contribution in [2.75, 3.05) is 52.5 Å². The largest absolute Gasteiger partial charge is 0.484 e. The number of hydrogen-bond acceptors (Lipinski definition) is 5. The molecule has 0 aromatic heterocycles. The van der Waals surface area contributed by atoms with E-state index in [2.05, 4.69) is 0 Å². The van der Waals surface area contributed by atoms with E-state index >= 15 is 0 Å². The lowest BCUT2D eigenvalue weighted by Crippen LogP contribution is -2.57. The van der Waals surface area contributed by atoms with Gasteiger partial charge in [0.2, 0.25) is 5.91 Å². The molecule has 148 valence electrons. The third-order valence-electron chi connectivity index (χ3n) is 5.39. The highest BCUT2D eigenvalue weighted by Gasteiger charge is 2.42. The number of carbonyl (C=O) groups is 2. The number of benzene rings is 1. The highest BCUT2D eigenvalue weighted by molar-refractivity contribution is 6.30. The van der Waals surface area contributed by atoms with E-state index in [9.17, 15) is 9.59 Å². The molecule has 1 aromatic carbocycles. The summed E-state index contributed by atoms with van der Waals surface area (Å²) < 4.78 is 10.9. The highest BCUT2D eigenvalue weighted by Crippen LogP contribution is 2.32. The van der Waals surface area contributed by atoms with Gasteiger partial charge in [-0.15, -0.1) is 0 Å². The molecule has 0 spiro atoms. The Morgan fingerprint density at radius 1 is 1.07 bits per heavy atom.